The molecular weight excluding hydrogens is 248 g/mol. The summed E-state index contributed by atoms with van der Waals surface area (Å²) in [7, 11) is 1.69. The van der Waals surface area contributed by atoms with Gasteiger partial charge in [-0.2, -0.15) is 0 Å². The molecule has 0 fully saturated rings. The quantitative estimate of drug-likeness (QED) is 0.768. The Morgan fingerprint density at radius 1 is 1.44 bits per heavy atom. The molecule has 0 spiro atoms. The molecule has 0 saturated carbocycles. The molecule has 0 amide bonds. The zero-order valence-electron chi connectivity index (χ0n) is 8.99. The molecule has 0 aromatic heterocycles. The summed E-state index contributed by atoms with van der Waals surface area (Å²) in [5.74, 6) is 0.443. The average Bonchev–Trinajstić information content (AvgIpc) is 2.26. The lowest BCUT2D eigenvalue weighted by atomic mass is 10.0. The van der Waals surface area contributed by atoms with Gasteiger partial charge in [0.05, 0.1) is 6.61 Å². The highest BCUT2D eigenvalue weighted by molar-refractivity contribution is 8.13. The third kappa shape index (κ3) is 2.18. The summed E-state index contributed by atoms with van der Waals surface area (Å²) in [4.78, 5) is 0.114. The first-order valence-electron chi connectivity index (χ1n) is 5.25. The third-order valence-corrected chi connectivity index (χ3v) is 4.03. The second kappa shape index (κ2) is 4.26. The van der Waals surface area contributed by atoms with Crippen LogP contribution in [0.25, 0.3) is 0 Å². The number of ether oxygens (including phenoxy) is 1. The van der Waals surface area contributed by atoms with Crippen LogP contribution in [0.15, 0.2) is 17.0 Å². The van der Waals surface area contributed by atoms with Crippen LogP contribution in [-0.2, 0) is 21.9 Å². The third-order valence-electron chi connectivity index (χ3n) is 2.70. The van der Waals surface area contributed by atoms with Gasteiger partial charge in [-0.3, -0.25) is 0 Å². The zero-order chi connectivity index (χ0) is 11.8. The van der Waals surface area contributed by atoms with Crippen molar-refractivity contribution in [1.82, 2.24) is 0 Å². The molecule has 88 valence electrons. The number of hydrogen-bond donors (Lipinski definition) is 0. The Morgan fingerprint density at radius 2 is 2.19 bits per heavy atom. The van der Waals surface area contributed by atoms with Crippen LogP contribution in [0, 0.1) is 0 Å². The van der Waals surface area contributed by atoms with Crippen LogP contribution in [0.4, 0.5) is 0 Å². The Labute approximate surface area is 99.8 Å². The zero-order valence-corrected chi connectivity index (χ0v) is 10.6. The molecule has 5 heteroatoms. The van der Waals surface area contributed by atoms with Gasteiger partial charge >= 0.3 is 0 Å². The second-order valence-corrected chi connectivity index (χ2v) is 6.36. The van der Waals surface area contributed by atoms with E-state index < -0.39 is 9.05 Å². The fourth-order valence-corrected chi connectivity index (χ4v) is 2.94. The molecule has 1 heterocycles. The largest absolute Gasteiger partial charge is 0.492 e. The van der Waals surface area contributed by atoms with Crippen molar-refractivity contribution in [3.8, 4) is 5.75 Å². The van der Waals surface area contributed by atoms with Crippen LogP contribution in [0.1, 0.15) is 24.5 Å². The highest BCUT2D eigenvalue weighted by atomic mass is 35.7. The minimum atomic E-state index is -3.73. The summed E-state index contributed by atoms with van der Waals surface area (Å²) in [6.07, 6.45) is 2.55. The normalized spacial score (nSPS) is 15.4. The van der Waals surface area contributed by atoms with Crippen LogP contribution in [-0.4, -0.2) is 15.0 Å². The fraction of sp³-hybridized carbons (Fsp3) is 0.455. The first kappa shape index (κ1) is 11.7. The maximum atomic E-state index is 11.5. The van der Waals surface area contributed by atoms with Crippen LogP contribution >= 0.6 is 10.7 Å². The summed E-state index contributed by atoms with van der Waals surface area (Å²) in [5, 5.41) is 0. The van der Waals surface area contributed by atoms with E-state index in [1.807, 2.05) is 13.0 Å². The maximum absolute atomic E-state index is 11.5. The lowest BCUT2D eigenvalue weighted by molar-refractivity contribution is 0.280. The Kier molecular flexibility index (Phi) is 3.13. The Hall–Kier alpha value is -0.740. The van der Waals surface area contributed by atoms with Gasteiger partial charge in [-0.05, 0) is 36.5 Å². The van der Waals surface area contributed by atoms with E-state index in [0.717, 1.165) is 30.4 Å². The Bertz CT molecular complexity index is 508. The second-order valence-electron chi connectivity index (χ2n) is 3.83. The molecule has 0 unspecified atom stereocenters. The number of rotatable bonds is 2. The van der Waals surface area contributed by atoms with Crippen molar-refractivity contribution in [2.45, 2.75) is 31.1 Å². The molecule has 1 aliphatic rings. The van der Waals surface area contributed by atoms with E-state index in [1.54, 1.807) is 6.07 Å². The van der Waals surface area contributed by atoms with Crippen LogP contribution < -0.4 is 4.74 Å². The molecule has 0 radical (unpaired) electrons. The topological polar surface area (TPSA) is 43.4 Å². The van der Waals surface area contributed by atoms with Gasteiger partial charge in [0.1, 0.15) is 10.6 Å². The van der Waals surface area contributed by atoms with Crippen molar-refractivity contribution >= 4 is 19.7 Å². The first-order valence-corrected chi connectivity index (χ1v) is 7.56. The van der Waals surface area contributed by atoms with Crippen molar-refractivity contribution in [2.24, 2.45) is 0 Å². The van der Waals surface area contributed by atoms with Crippen LogP contribution in [0.3, 0.4) is 0 Å². The van der Waals surface area contributed by atoms with Crippen molar-refractivity contribution in [1.29, 1.82) is 0 Å². The molecule has 0 aliphatic carbocycles. The smallest absolute Gasteiger partial charge is 0.265 e. The summed E-state index contributed by atoms with van der Waals surface area (Å²) in [5.41, 5.74) is 1.92. The van der Waals surface area contributed by atoms with E-state index in [4.69, 9.17) is 15.4 Å². The molecule has 1 aliphatic heterocycles. The van der Waals surface area contributed by atoms with Crippen LogP contribution in [0.2, 0.25) is 0 Å². The predicted molar refractivity (Wildman–Crippen MR) is 62.7 cm³/mol. The highest BCUT2D eigenvalue weighted by Crippen LogP contribution is 2.35. The number of aryl methyl sites for hydroxylation is 2. The molecule has 1 aromatic rings. The Balaban J connectivity index is 2.66. The van der Waals surface area contributed by atoms with Gasteiger partial charge in [-0.25, -0.2) is 8.42 Å². The lowest BCUT2D eigenvalue weighted by Crippen LogP contribution is -2.12. The van der Waals surface area contributed by atoms with E-state index in [-0.39, 0.29) is 4.90 Å². The molecule has 0 N–H and O–H groups in total. The highest BCUT2D eigenvalue weighted by Gasteiger charge is 2.23. The van der Waals surface area contributed by atoms with E-state index >= 15 is 0 Å². The van der Waals surface area contributed by atoms with Crippen molar-refractivity contribution in [3.63, 3.8) is 0 Å². The molecule has 1 aromatic carbocycles. The predicted octanol–water partition coefficient (Wildman–Crippen LogP) is 2.50. The SMILES string of the molecule is CCc1cc2c(c(S(=O)(=O)Cl)c1)OCCC2. The minimum absolute atomic E-state index is 0.114. The van der Waals surface area contributed by atoms with Crippen molar-refractivity contribution < 1.29 is 13.2 Å². The molecule has 0 atom stereocenters. The van der Waals surface area contributed by atoms with E-state index in [9.17, 15) is 8.42 Å². The summed E-state index contributed by atoms with van der Waals surface area (Å²) in [6.45, 7) is 2.54. The van der Waals surface area contributed by atoms with Gasteiger partial charge in [-0.15, -0.1) is 0 Å². The van der Waals surface area contributed by atoms with Gasteiger partial charge in [0, 0.05) is 10.7 Å². The molecule has 2 rings (SSSR count). The van der Waals surface area contributed by atoms with E-state index in [1.165, 1.54) is 0 Å². The number of fused-ring (bicyclic) bond motifs is 1. The molecule has 0 bridgehead atoms. The first-order chi connectivity index (χ1) is 7.52. The van der Waals surface area contributed by atoms with Gasteiger partial charge < -0.3 is 4.74 Å². The summed E-state index contributed by atoms with van der Waals surface area (Å²) in [6, 6.07) is 3.60. The number of halogens is 1. The molecule has 0 saturated heterocycles. The number of hydrogen-bond acceptors (Lipinski definition) is 3. The Morgan fingerprint density at radius 3 is 2.81 bits per heavy atom. The summed E-state index contributed by atoms with van der Waals surface area (Å²) >= 11 is 0. The molecule has 16 heavy (non-hydrogen) atoms. The lowest BCUT2D eigenvalue weighted by Gasteiger charge is -2.20. The monoisotopic (exact) mass is 260 g/mol. The fourth-order valence-electron chi connectivity index (χ4n) is 1.89. The molecular formula is C11H13ClO3S. The van der Waals surface area contributed by atoms with Crippen molar-refractivity contribution in [3.05, 3.63) is 23.3 Å². The van der Waals surface area contributed by atoms with Crippen molar-refractivity contribution in [2.75, 3.05) is 6.61 Å². The van der Waals surface area contributed by atoms with E-state index in [2.05, 4.69) is 0 Å². The van der Waals surface area contributed by atoms with Gasteiger partial charge in [-0.1, -0.05) is 13.0 Å². The van der Waals surface area contributed by atoms with Gasteiger partial charge in [0.25, 0.3) is 9.05 Å². The van der Waals surface area contributed by atoms with Crippen LogP contribution in [0.5, 0.6) is 5.75 Å². The maximum Gasteiger partial charge on any atom is 0.265 e. The standard InChI is InChI=1S/C11H13ClO3S/c1-2-8-6-9-4-3-5-15-11(9)10(7-8)16(12,13)14/h6-7H,2-5H2,1H3. The summed E-state index contributed by atoms with van der Waals surface area (Å²) < 4.78 is 28.3. The average molecular weight is 261 g/mol. The minimum Gasteiger partial charge on any atom is -0.492 e. The van der Waals surface area contributed by atoms with Gasteiger partial charge in [0.2, 0.25) is 0 Å². The molecule has 3 nitrogen and oxygen atoms in total. The van der Waals surface area contributed by atoms with E-state index in [0.29, 0.717) is 12.4 Å². The van der Waals surface area contributed by atoms with Gasteiger partial charge in [0.15, 0.2) is 0 Å². The number of benzene rings is 1.